The lowest BCUT2D eigenvalue weighted by atomic mass is 9.97. The molecule has 0 spiro atoms. The van der Waals surface area contributed by atoms with Gasteiger partial charge in [0.1, 0.15) is 5.75 Å². The van der Waals surface area contributed by atoms with Crippen molar-refractivity contribution >= 4 is 0 Å². The quantitative estimate of drug-likeness (QED) is 0.923. The Morgan fingerprint density at radius 1 is 0.900 bits per heavy atom. The van der Waals surface area contributed by atoms with Crippen LogP contribution in [0.1, 0.15) is 22.3 Å². The van der Waals surface area contributed by atoms with E-state index in [2.05, 4.69) is 35.6 Å². The van der Waals surface area contributed by atoms with E-state index in [0.717, 1.165) is 38.1 Å². The van der Waals surface area contributed by atoms with Crippen LogP contribution in [0.5, 0.6) is 5.75 Å². The van der Waals surface area contributed by atoms with Crippen LogP contribution in [0, 0.1) is 0 Å². The van der Waals surface area contributed by atoms with Crippen molar-refractivity contribution in [1.82, 2.24) is 5.32 Å². The molecule has 1 aliphatic heterocycles. The van der Waals surface area contributed by atoms with Gasteiger partial charge in [0.15, 0.2) is 0 Å². The van der Waals surface area contributed by atoms with Crippen molar-refractivity contribution in [1.29, 1.82) is 0 Å². The molecule has 2 nitrogen and oxygen atoms in total. The molecule has 0 saturated carbocycles. The zero-order valence-electron chi connectivity index (χ0n) is 12.0. The monoisotopic (exact) mass is 267 g/mol. The molecule has 0 aromatic heterocycles. The molecule has 0 fully saturated rings. The molecule has 0 radical (unpaired) electrons. The highest BCUT2D eigenvalue weighted by molar-refractivity contribution is 5.37. The second-order valence-electron chi connectivity index (χ2n) is 5.38. The minimum Gasteiger partial charge on any atom is -0.497 e. The number of hydrogen-bond donors (Lipinski definition) is 1. The lowest BCUT2D eigenvalue weighted by molar-refractivity contribution is 0.414. The molecule has 1 N–H and O–H groups in total. The molecule has 1 aliphatic rings. The molecule has 0 atom stereocenters. The van der Waals surface area contributed by atoms with E-state index in [1.54, 1.807) is 7.11 Å². The smallest absolute Gasteiger partial charge is 0.118 e. The molecule has 20 heavy (non-hydrogen) atoms. The summed E-state index contributed by atoms with van der Waals surface area (Å²) < 4.78 is 5.20. The van der Waals surface area contributed by atoms with Gasteiger partial charge in [-0.25, -0.2) is 0 Å². The molecule has 2 aromatic rings. The van der Waals surface area contributed by atoms with Crippen molar-refractivity contribution in [2.75, 3.05) is 20.2 Å². The summed E-state index contributed by atoms with van der Waals surface area (Å²) in [6.07, 6.45) is 3.29. The van der Waals surface area contributed by atoms with Gasteiger partial charge in [-0.3, -0.25) is 0 Å². The number of hydrogen-bond acceptors (Lipinski definition) is 2. The van der Waals surface area contributed by atoms with Crippen LogP contribution in [0.4, 0.5) is 0 Å². The lowest BCUT2D eigenvalue weighted by Crippen LogP contribution is -2.16. The fraction of sp³-hybridized carbons (Fsp3) is 0.333. The maximum atomic E-state index is 5.20. The van der Waals surface area contributed by atoms with Gasteiger partial charge in [-0.2, -0.15) is 0 Å². The first-order valence-electron chi connectivity index (χ1n) is 7.29. The van der Waals surface area contributed by atoms with Gasteiger partial charge in [0.05, 0.1) is 7.11 Å². The first-order valence-corrected chi connectivity index (χ1v) is 7.29. The summed E-state index contributed by atoms with van der Waals surface area (Å²) in [5.74, 6) is 0.918. The van der Waals surface area contributed by atoms with Gasteiger partial charge in [-0.15, -0.1) is 0 Å². The van der Waals surface area contributed by atoms with Crippen molar-refractivity contribution in [3.05, 3.63) is 64.7 Å². The molecule has 0 saturated heterocycles. The molecule has 2 heteroatoms. The van der Waals surface area contributed by atoms with Crippen LogP contribution >= 0.6 is 0 Å². The Morgan fingerprint density at radius 3 is 2.35 bits per heavy atom. The first kappa shape index (κ1) is 13.2. The Balaban J connectivity index is 1.78. The molecular formula is C18H21NO. The highest BCUT2D eigenvalue weighted by Crippen LogP contribution is 2.19. The van der Waals surface area contributed by atoms with Gasteiger partial charge in [-0.1, -0.05) is 30.3 Å². The summed E-state index contributed by atoms with van der Waals surface area (Å²) in [5, 5.41) is 3.46. The SMILES string of the molecule is COc1ccc(Cc2ccc3c(c2)CCNCC3)cc1. The third kappa shape index (κ3) is 3.02. The topological polar surface area (TPSA) is 21.3 Å². The molecule has 0 unspecified atom stereocenters. The van der Waals surface area contributed by atoms with Gasteiger partial charge in [0.25, 0.3) is 0 Å². The van der Waals surface area contributed by atoms with E-state index in [9.17, 15) is 0 Å². The Hall–Kier alpha value is -1.80. The van der Waals surface area contributed by atoms with E-state index < -0.39 is 0 Å². The summed E-state index contributed by atoms with van der Waals surface area (Å²) in [6, 6.07) is 15.3. The Bertz CT molecular complexity index is 574. The van der Waals surface area contributed by atoms with Gasteiger partial charge in [0.2, 0.25) is 0 Å². The van der Waals surface area contributed by atoms with Gasteiger partial charge < -0.3 is 10.1 Å². The first-order chi connectivity index (χ1) is 9.85. The fourth-order valence-corrected chi connectivity index (χ4v) is 2.82. The van der Waals surface area contributed by atoms with Gasteiger partial charge in [-0.05, 0) is 66.7 Å². The van der Waals surface area contributed by atoms with E-state index in [4.69, 9.17) is 4.74 Å². The van der Waals surface area contributed by atoms with E-state index in [1.807, 2.05) is 12.1 Å². The number of fused-ring (bicyclic) bond motifs is 1. The third-order valence-electron chi connectivity index (χ3n) is 3.98. The maximum absolute atomic E-state index is 5.20. The number of rotatable bonds is 3. The summed E-state index contributed by atoms with van der Waals surface area (Å²) in [5.41, 5.74) is 5.75. The molecule has 0 aliphatic carbocycles. The second-order valence-corrected chi connectivity index (χ2v) is 5.38. The standard InChI is InChI=1S/C18H21NO/c1-20-18-6-3-14(4-7-18)12-15-2-5-16-8-10-19-11-9-17(16)13-15/h2-7,13,19H,8-12H2,1H3. The number of benzene rings is 2. The average molecular weight is 267 g/mol. The van der Waals surface area contributed by atoms with Crippen molar-refractivity contribution < 1.29 is 4.74 Å². The fourth-order valence-electron chi connectivity index (χ4n) is 2.82. The molecular weight excluding hydrogens is 246 g/mol. The Labute approximate surface area is 120 Å². The summed E-state index contributed by atoms with van der Waals surface area (Å²) >= 11 is 0. The predicted octanol–water partition coefficient (Wildman–Crippen LogP) is 2.97. The largest absolute Gasteiger partial charge is 0.497 e. The second kappa shape index (κ2) is 6.10. The van der Waals surface area contributed by atoms with Crippen LogP contribution in [0.15, 0.2) is 42.5 Å². The molecule has 1 heterocycles. The van der Waals surface area contributed by atoms with E-state index in [-0.39, 0.29) is 0 Å². The predicted molar refractivity (Wildman–Crippen MR) is 82.5 cm³/mol. The van der Waals surface area contributed by atoms with Crippen LogP contribution in [0.2, 0.25) is 0 Å². The third-order valence-corrected chi connectivity index (χ3v) is 3.98. The van der Waals surface area contributed by atoms with Crippen molar-refractivity contribution in [3.8, 4) is 5.75 Å². The van der Waals surface area contributed by atoms with Gasteiger partial charge in [0, 0.05) is 0 Å². The van der Waals surface area contributed by atoms with Crippen LogP contribution in [0.3, 0.4) is 0 Å². The maximum Gasteiger partial charge on any atom is 0.118 e. The molecule has 2 aromatic carbocycles. The zero-order chi connectivity index (χ0) is 13.8. The number of ether oxygens (including phenoxy) is 1. The molecule has 104 valence electrons. The van der Waals surface area contributed by atoms with Crippen LogP contribution in [-0.4, -0.2) is 20.2 Å². The van der Waals surface area contributed by atoms with Crippen molar-refractivity contribution in [3.63, 3.8) is 0 Å². The Kier molecular flexibility index (Phi) is 4.03. The Morgan fingerprint density at radius 2 is 1.60 bits per heavy atom. The van der Waals surface area contributed by atoms with Crippen molar-refractivity contribution in [2.45, 2.75) is 19.3 Å². The van der Waals surface area contributed by atoms with Crippen LogP contribution in [-0.2, 0) is 19.3 Å². The van der Waals surface area contributed by atoms with Crippen molar-refractivity contribution in [2.24, 2.45) is 0 Å². The highest BCUT2D eigenvalue weighted by atomic mass is 16.5. The van der Waals surface area contributed by atoms with Crippen LogP contribution in [0.25, 0.3) is 0 Å². The lowest BCUT2D eigenvalue weighted by Gasteiger charge is -2.09. The minimum atomic E-state index is 0.918. The van der Waals surface area contributed by atoms with E-state index >= 15 is 0 Å². The molecule has 0 bridgehead atoms. The zero-order valence-corrected chi connectivity index (χ0v) is 12.0. The van der Waals surface area contributed by atoms with E-state index in [1.165, 1.54) is 22.3 Å². The molecule has 3 rings (SSSR count). The van der Waals surface area contributed by atoms with Crippen LogP contribution < -0.4 is 10.1 Å². The summed E-state index contributed by atoms with van der Waals surface area (Å²) in [6.45, 7) is 2.20. The molecule has 0 amide bonds. The number of methoxy groups -OCH3 is 1. The average Bonchev–Trinajstić information content (AvgIpc) is 2.73. The summed E-state index contributed by atoms with van der Waals surface area (Å²) in [7, 11) is 1.70. The number of nitrogens with one attached hydrogen (secondary N) is 1. The highest BCUT2D eigenvalue weighted by Gasteiger charge is 2.08. The minimum absolute atomic E-state index is 0.918. The van der Waals surface area contributed by atoms with E-state index in [0.29, 0.717) is 0 Å². The van der Waals surface area contributed by atoms with Gasteiger partial charge >= 0.3 is 0 Å². The normalized spacial score (nSPS) is 14.4. The summed E-state index contributed by atoms with van der Waals surface area (Å²) in [4.78, 5) is 0.